The standard InChI is InChI=1S/C29H30N4O3S/c1-29(2,3)20-12-10-19(11-13-20)18-37-28-32-23-9-5-4-8-22(23)26-31-24(27(35)33(26)28)14-15-25(34)30-17-21-7-6-16-36-21/h4-13,16,24H,14-15,17-18H2,1-3H3,(H,30,34). The van der Waals surface area contributed by atoms with Crippen molar-refractivity contribution < 1.29 is 14.0 Å². The van der Waals surface area contributed by atoms with Gasteiger partial charge in [-0.25, -0.2) is 9.89 Å². The van der Waals surface area contributed by atoms with Gasteiger partial charge in [-0.1, -0.05) is 68.9 Å². The van der Waals surface area contributed by atoms with Crippen molar-refractivity contribution in [3.63, 3.8) is 0 Å². The van der Waals surface area contributed by atoms with Crippen LogP contribution >= 0.6 is 11.8 Å². The molecule has 0 saturated heterocycles. The number of hydrogen-bond acceptors (Lipinski definition) is 6. The molecule has 3 heterocycles. The van der Waals surface area contributed by atoms with Crippen LogP contribution in [-0.2, 0) is 27.3 Å². The number of hydrogen-bond donors (Lipinski definition) is 1. The van der Waals surface area contributed by atoms with Gasteiger partial charge in [-0.3, -0.25) is 14.6 Å². The zero-order chi connectivity index (χ0) is 26.0. The van der Waals surface area contributed by atoms with Crippen molar-refractivity contribution in [3.05, 3.63) is 89.4 Å². The molecule has 190 valence electrons. The Balaban J connectivity index is 1.28. The summed E-state index contributed by atoms with van der Waals surface area (Å²) in [4.78, 5) is 37.0. The van der Waals surface area contributed by atoms with E-state index in [1.807, 2.05) is 24.3 Å². The van der Waals surface area contributed by atoms with Crippen LogP contribution in [-0.4, -0.2) is 33.8 Å². The Kier molecular flexibility index (Phi) is 7.02. The fourth-order valence-corrected chi connectivity index (χ4v) is 5.25. The molecule has 3 aromatic rings. The van der Waals surface area contributed by atoms with Crippen LogP contribution in [0.4, 0.5) is 5.69 Å². The summed E-state index contributed by atoms with van der Waals surface area (Å²) in [6, 6.07) is 19.3. The summed E-state index contributed by atoms with van der Waals surface area (Å²) in [7, 11) is 0. The highest BCUT2D eigenvalue weighted by Gasteiger charge is 2.41. The molecule has 0 bridgehead atoms. The second-order valence-electron chi connectivity index (χ2n) is 10.2. The number of furan rings is 1. The van der Waals surface area contributed by atoms with Crippen LogP contribution in [0.25, 0.3) is 0 Å². The van der Waals surface area contributed by atoms with Gasteiger partial charge in [0.25, 0.3) is 5.91 Å². The minimum absolute atomic E-state index is 0.0981. The van der Waals surface area contributed by atoms with Crippen LogP contribution < -0.4 is 5.32 Å². The van der Waals surface area contributed by atoms with E-state index in [1.165, 1.54) is 17.3 Å². The number of aliphatic imine (C=N–C) groups is 2. The number of nitrogens with one attached hydrogen (secondary N) is 1. The molecule has 1 atom stereocenters. The van der Waals surface area contributed by atoms with Gasteiger partial charge in [0.2, 0.25) is 5.91 Å². The highest BCUT2D eigenvalue weighted by atomic mass is 32.2. The zero-order valence-electron chi connectivity index (χ0n) is 21.2. The SMILES string of the molecule is CC(C)(C)c1ccc(CSC2=Nc3ccccc3C3=NC(CCC(=O)NCc4ccco4)C(=O)N23)cc1. The fourth-order valence-electron chi connectivity index (χ4n) is 4.29. The Labute approximate surface area is 221 Å². The predicted octanol–water partition coefficient (Wildman–Crippen LogP) is 5.57. The molecular weight excluding hydrogens is 484 g/mol. The zero-order valence-corrected chi connectivity index (χ0v) is 22.0. The highest BCUT2D eigenvalue weighted by Crippen LogP contribution is 2.35. The molecule has 2 aliphatic heterocycles. The molecule has 1 aromatic heterocycles. The van der Waals surface area contributed by atoms with Gasteiger partial charge in [-0.05, 0) is 47.2 Å². The molecular formula is C29H30N4O3S. The van der Waals surface area contributed by atoms with Crippen molar-refractivity contribution in [1.29, 1.82) is 0 Å². The Hall–Kier alpha value is -3.65. The molecule has 2 aromatic carbocycles. The van der Waals surface area contributed by atoms with Gasteiger partial charge in [0.1, 0.15) is 17.6 Å². The van der Waals surface area contributed by atoms with Crippen LogP contribution in [0.3, 0.4) is 0 Å². The number of fused-ring (bicyclic) bond motifs is 3. The maximum Gasteiger partial charge on any atom is 0.259 e. The highest BCUT2D eigenvalue weighted by molar-refractivity contribution is 8.13. The monoisotopic (exact) mass is 514 g/mol. The maximum atomic E-state index is 13.5. The smallest absolute Gasteiger partial charge is 0.259 e. The molecule has 8 heteroatoms. The number of para-hydroxylation sites is 1. The van der Waals surface area contributed by atoms with Crippen LogP contribution in [0.1, 0.15) is 56.1 Å². The molecule has 2 aliphatic rings. The van der Waals surface area contributed by atoms with Crippen LogP contribution in [0.5, 0.6) is 0 Å². The first-order chi connectivity index (χ1) is 17.8. The predicted molar refractivity (Wildman–Crippen MR) is 147 cm³/mol. The number of rotatable bonds is 7. The molecule has 1 N–H and O–H groups in total. The van der Waals surface area contributed by atoms with Gasteiger partial charge in [0.05, 0.1) is 18.5 Å². The first kappa shape index (κ1) is 25.0. The average Bonchev–Trinajstić information content (AvgIpc) is 3.53. The van der Waals surface area contributed by atoms with E-state index in [2.05, 4.69) is 50.4 Å². The van der Waals surface area contributed by atoms with E-state index >= 15 is 0 Å². The molecule has 1 unspecified atom stereocenters. The van der Waals surface area contributed by atoms with Crippen molar-refractivity contribution in [2.45, 2.75) is 57.4 Å². The van der Waals surface area contributed by atoms with Crippen molar-refractivity contribution >= 4 is 40.3 Å². The summed E-state index contributed by atoms with van der Waals surface area (Å²) < 4.78 is 5.25. The lowest BCUT2D eigenvalue weighted by Crippen LogP contribution is -2.41. The first-order valence-corrected chi connectivity index (χ1v) is 13.4. The van der Waals surface area contributed by atoms with Gasteiger partial charge < -0.3 is 9.73 Å². The Bertz CT molecular complexity index is 1350. The topological polar surface area (TPSA) is 87.3 Å². The van der Waals surface area contributed by atoms with Crippen LogP contribution in [0.2, 0.25) is 0 Å². The Morgan fingerprint density at radius 2 is 1.86 bits per heavy atom. The molecule has 7 nitrogen and oxygen atoms in total. The fraction of sp³-hybridized carbons (Fsp3) is 0.310. The van der Waals surface area contributed by atoms with Gasteiger partial charge in [0, 0.05) is 17.7 Å². The van der Waals surface area contributed by atoms with E-state index in [9.17, 15) is 9.59 Å². The van der Waals surface area contributed by atoms with E-state index in [1.54, 1.807) is 23.3 Å². The summed E-state index contributed by atoms with van der Waals surface area (Å²) in [5.41, 5.74) is 4.17. The van der Waals surface area contributed by atoms with Crippen molar-refractivity contribution in [2.75, 3.05) is 0 Å². The van der Waals surface area contributed by atoms with Crippen LogP contribution in [0.15, 0.2) is 81.3 Å². The largest absolute Gasteiger partial charge is 0.467 e. The third kappa shape index (κ3) is 5.54. The van der Waals surface area contributed by atoms with E-state index in [0.717, 1.165) is 16.8 Å². The number of thioether (sulfide) groups is 1. The minimum atomic E-state index is -0.618. The lowest BCUT2D eigenvalue weighted by atomic mass is 9.87. The quantitative estimate of drug-likeness (QED) is 0.447. The molecule has 5 rings (SSSR count). The summed E-state index contributed by atoms with van der Waals surface area (Å²) in [6.07, 6.45) is 2.10. The van der Waals surface area contributed by atoms with Crippen molar-refractivity contribution in [2.24, 2.45) is 9.98 Å². The molecule has 2 amide bonds. The second-order valence-corrected chi connectivity index (χ2v) is 11.1. The Morgan fingerprint density at radius 1 is 1.08 bits per heavy atom. The Morgan fingerprint density at radius 3 is 2.59 bits per heavy atom. The third-order valence-corrected chi connectivity index (χ3v) is 7.43. The van der Waals surface area contributed by atoms with E-state index in [4.69, 9.17) is 14.4 Å². The summed E-state index contributed by atoms with van der Waals surface area (Å²) >= 11 is 1.53. The second kappa shape index (κ2) is 10.4. The lowest BCUT2D eigenvalue weighted by Gasteiger charge is -2.25. The van der Waals surface area contributed by atoms with Gasteiger partial charge in [-0.2, -0.15) is 0 Å². The maximum absolute atomic E-state index is 13.5. The molecule has 0 aliphatic carbocycles. The van der Waals surface area contributed by atoms with E-state index in [0.29, 0.717) is 35.5 Å². The normalized spacial score (nSPS) is 16.7. The van der Waals surface area contributed by atoms with E-state index in [-0.39, 0.29) is 23.7 Å². The van der Waals surface area contributed by atoms with Crippen molar-refractivity contribution in [3.8, 4) is 0 Å². The number of benzene rings is 2. The lowest BCUT2D eigenvalue weighted by molar-refractivity contribution is -0.125. The van der Waals surface area contributed by atoms with Crippen molar-refractivity contribution in [1.82, 2.24) is 10.2 Å². The molecule has 0 fully saturated rings. The molecule has 0 saturated carbocycles. The minimum Gasteiger partial charge on any atom is -0.467 e. The molecule has 0 radical (unpaired) electrons. The number of carbonyl (C=O) groups excluding carboxylic acids is 2. The number of nitrogens with zero attached hydrogens (tertiary/aromatic N) is 3. The third-order valence-electron chi connectivity index (χ3n) is 6.42. The van der Waals surface area contributed by atoms with Gasteiger partial charge >= 0.3 is 0 Å². The van der Waals surface area contributed by atoms with E-state index < -0.39 is 6.04 Å². The summed E-state index contributed by atoms with van der Waals surface area (Å²) in [5, 5.41) is 3.45. The first-order valence-electron chi connectivity index (χ1n) is 12.4. The number of amidine groups is 2. The molecule has 0 spiro atoms. The average molecular weight is 515 g/mol. The van der Waals surface area contributed by atoms with Gasteiger partial charge in [0.15, 0.2) is 5.17 Å². The van der Waals surface area contributed by atoms with Gasteiger partial charge in [-0.15, -0.1) is 0 Å². The number of amides is 2. The molecule has 37 heavy (non-hydrogen) atoms. The number of carbonyl (C=O) groups is 2. The summed E-state index contributed by atoms with van der Waals surface area (Å²) in [5.74, 6) is 1.70. The summed E-state index contributed by atoms with van der Waals surface area (Å²) in [6.45, 7) is 6.92. The van der Waals surface area contributed by atoms with Crippen LogP contribution in [0, 0.1) is 0 Å².